The Hall–Kier alpha value is -2.29. The molecular weight excluding hydrogens is 284 g/mol. The molecule has 2 aromatic rings. The van der Waals surface area contributed by atoms with Gasteiger partial charge in [0.05, 0.1) is 5.56 Å². The number of carbonyl (C=O) groups excluding carboxylic acids is 1. The number of benzene rings is 2. The molecule has 1 amide bonds. The summed E-state index contributed by atoms with van der Waals surface area (Å²) in [7, 11) is 0. The van der Waals surface area contributed by atoms with Crippen LogP contribution in [0.25, 0.3) is 0 Å². The molecule has 1 heterocycles. The van der Waals surface area contributed by atoms with Gasteiger partial charge in [-0.25, -0.2) is 0 Å². The highest BCUT2D eigenvalue weighted by atomic mass is 16.2. The number of anilines is 1. The van der Waals surface area contributed by atoms with Crippen LogP contribution in [0.2, 0.25) is 0 Å². The van der Waals surface area contributed by atoms with Gasteiger partial charge in [0, 0.05) is 12.2 Å². The van der Waals surface area contributed by atoms with Crippen molar-refractivity contribution in [2.45, 2.75) is 39.4 Å². The minimum atomic E-state index is -0.380. The number of hydrogen-bond acceptors (Lipinski definition) is 2. The molecule has 0 fully saturated rings. The van der Waals surface area contributed by atoms with Crippen LogP contribution in [0.15, 0.2) is 54.6 Å². The molecule has 23 heavy (non-hydrogen) atoms. The Morgan fingerprint density at radius 2 is 1.70 bits per heavy atom. The van der Waals surface area contributed by atoms with Gasteiger partial charge >= 0.3 is 0 Å². The van der Waals surface area contributed by atoms with Crippen molar-refractivity contribution in [3.05, 3.63) is 65.7 Å². The Morgan fingerprint density at radius 3 is 2.39 bits per heavy atom. The second-order valence-electron chi connectivity index (χ2n) is 6.92. The lowest BCUT2D eigenvalue weighted by molar-refractivity contribution is 0.0468. The summed E-state index contributed by atoms with van der Waals surface area (Å²) in [5.41, 5.74) is 2.46. The quantitative estimate of drug-likeness (QED) is 0.901. The van der Waals surface area contributed by atoms with Crippen LogP contribution in [-0.4, -0.2) is 16.5 Å². The predicted octanol–water partition coefficient (Wildman–Crippen LogP) is 4.52. The third-order valence-electron chi connectivity index (χ3n) is 4.39. The van der Waals surface area contributed by atoms with Crippen LogP contribution >= 0.6 is 0 Å². The molecular formula is C20H24N2O. The van der Waals surface area contributed by atoms with E-state index in [-0.39, 0.29) is 11.6 Å². The van der Waals surface area contributed by atoms with Gasteiger partial charge in [0.2, 0.25) is 0 Å². The molecule has 3 nitrogen and oxygen atoms in total. The number of para-hydroxylation sites is 1. The van der Waals surface area contributed by atoms with Gasteiger partial charge in [-0.3, -0.25) is 4.79 Å². The highest BCUT2D eigenvalue weighted by molar-refractivity contribution is 6.02. The van der Waals surface area contributed by atoms with E-state index in [4.69, 9.17) is 0 Å². The normalized spacial score (nSPS) is 20.3. The van der Waals surface area contributed by atoms with Gasteiger partial charge in [-0.05, 0) is 37.0 Å². The largest absolute Gasteiger partial charge is 0.362 e. The van der Waals surface area contributed by atoms with Gasteiger partial charge in [-0.15, -0.1) is 0 Å². The molecule has 0 bridgehead atoms. The zero-order valence-corrected chi connectivity index (χ0v) is 14.0. The number of fused-ring (bicyclic) bond motifs is 1. The Morgan fingerprint density at radius 1 is 1.04 bits per heavy atom. The van der Waals surface area contributed by atoms with Crippen LogP contribution in [-0.2, 0) is 6.54 Å². The number of amides is 1. The van der Waals surface area contributed by atoms with Crippen LogP contribution in [0.4, 0.5) is 5.69 Å². The van der Waals surface area contributed by atoms with Crippen molar-refractivity contribution in [3.8, 4) is 0 Å². The summed E-state index contributed by atoms with van der Waals surface area (Å²) >= 11 is 0. The molecule has 0 aliphatic carbocycles. The zero-order valence-electron chi connectivity index (χ0n) is 14.0. The number of nitrogens with one attached hydrogen (secondary N) is 1. The smallest absolute Gasteiger partial charge is 0.258 e. The van der Waals surface area contributed by atoms with Gasteiger partial charge in [-0.2, -0.15) is 0 Å². The highest BCUT2D eigenvalue weighted by Gasteiger charge is 2.41. The Bertz CT molecular complexity index is 696. The number of nitrogens with zero attached hydrogens (tertiary/aromatic N) is 1. The Balaban J connectivity index is 2.00. The molecule has 0 unspecified atom stereocenters. The Labute approximate surface area is 138 Å². The predicted molar refractivity (Wildman–Crippen MR) is 94.2 cm³/mol. The third-order valence-corrected chi connectivity index (χ3v) is 4.39. The van der Waals surface area contributed by atoms with E-state index in [2.05, 4.69) is 38.2 Å². The second-order valence-corrected chi connectivity index (χ2v) is 6.92. The fraction of sp³-hybridized carbons (Fsp3) is 0.350. The lowest BCUT2D eigenvalue weighted by Crippen LogP contribution is -2.58. The van der Waals surface area contributed by atoms with Crippen molar-refractivity contribution in [3.63, 3.8) is 0 Å². The van der Waals surface area contributed by atoms with Crippen LogP contribution in [0.3, 0.4) is 0 Å². The van der Waals surface area contributed by atoms with E-state index in [1.165, 1.54) is 0 Å². The maximum Gasteiger partial charge on any atom is 0.258 e. The first-order chi connectivity index (χ1) is 11.0. The number of hydrogen-bond donors (Lipinski definition) is 1. The standard InChI is InChI=1S/C20H24N2O/c1-15(2)13-20(3)21-18-12-8-7-11-17(18)19(23)22(20)14-16-9-5-4-6-10-16/h4-12,15,21H,13-14H2,1-3H3/t20-/m0/s1. The van der Waals surface area contributed by atoms with Crippen LogP contribution in [0.5, 0.6) is 0 Å². The van der Waals surface area contributed by atoms with Crippen LogP contribution < -0.4 is 5.32 Å². The SMILES string of the molecule is CC(C)C[C@@]1(C)Nc2ccccc2C(=O)N1Cc1ccccc1. The maximum absolute atomic E-state index is 13.1. The molecule has 120 valence electrons. The van der Waals surface area contributed by atoms with Crippen molar-refractivity contribution in [2.75, 3.05) is 5.32 Å². The molecule has 3 rings (SSSR count). The topological polar surface area (TPSA) is 32.3 Å². The zero-order chi connectivity index (χ0) is 16.4. The summed E-state index contributed by atoms with van der Waals surface area (Å²) < 4.78 is 0. The molecule has 1 atom stereocenters. The monoisotopic (exact) mass is 308 g/mol. The fourth-order valence-corrected chi connectivity index (χ4v) is 3.47. The first kappa shape index (κ1) is 15.6. The van der Waals surface area contributed by atoms with Crippen LogP contribution in [0, 0.1) is 5.92 Å². The average Bonchev–Trinajstić information content (AvgIpc) is 2.51. The minimum Gasteiger partial charge on any atom is -0.362 e. The first-order valence-corrected chi connectivity index (χ1v) is 8.23. The van der Waals surface area contributed by atoms with Crippen molar-refractivity contribution < 1.29 is 4.79 Å². The number of carbonyl (C=O) groups is 1. The van der Waals surface area contributed by atoms with Crippen molar-refractivity contribution >= 4 is 11.6 Å². The summed E-state index contributed by atoms with van der Waals surface area (Å²) in [5, 5.41) is 3.61. The molecule has 1 N–H and O–H groups in total. The van der Waals surface area contributed by atoms with E-state index in [1.54, 1.807) is 0 Å². The number of rotatable bonds is 4. The van der Waals surface area contributed by atoms with E-state index in [1.807, 2.05) is 47.4 Å². The average molecular weight is 308 g/mol. The summed E-state index contributed by atoms with van der Waals surface area (Å²) in [6.45, 7) is 7.13. The summed E-state index contributed by atoms with van der Waals surface area (Å²) in [6.07, 6.45) is 0.903. The fourth-order valence-electron chi connectivity index (χ4n) is 3.47. The van der Waals surface area contributed by atoms with Crippen molar-refractivity contribution in [1.29, 1.82) is 0 Å². The van der Waals surface area contributed by atoms with Crippen molar-refractivity contribution in [2.24, 2.45) is 5.92 Å². The van der Waals surface area contributed by atoms with Crippen LogP contribution in [0.1, 0.15) is 43.1 Å². The maximum atomic E-state index is 13.1. The lowest BCUT2D eigenvalue weighted by atomic mass is 9.92. The molecule has 0 spiro atoms. The molecule has 2 aromatic carbocycles. The molecule has 1 aliphatic heterocycles. The van der Waals surface area contributed by atoms with Gasteiger partial charge in [0.25, 0.3) is 5.91 Å². The van der Waals surface area contributed by atoms with Gasteiger partial charge in [-0.1, -0.05) is 56.3 Å². The van der Waals surface area contributed by atoms with Crippen molar-refractivity contribution in [1.82, 2.24) is 4.90 Å². The lowest BCUT2D eigenvalue weighted by Gasteiger charge is -2.47. The van der Waals surface area contributed by atoms with Gasteiger partial charge in [0.15, 0.2) is 0 Å². The minimum absolute atomic E-state index is 0.103. The van der Waals surface area contributed by atoms with Gasteiger partial charge < -0.3 is 10.2 Å². The Kier molecular flexibility index (Phi) is 4.12. The summed E-state index contributed by atoms with van der Waals surface area (Å²) in [5.74, 6) is 0.593. The molecule has 0 saturated carbocycles. The molecule has 0 saturated heterocycles. The molecule has 3 heteroatoms. The van der Waals surface area contributed by atoms with E-state index in [9.17, 15) is 4.79 Å². The molecule has 0 radical (unpaired) electrons. The van der Waals surface area contributed by atoms with E-state index in [0.29, 0.717) is 12.5 Å². The third kappa shape index (κ3) is 3.09. The molecule has 0 aromatic heterocycles. The second kappa shape index (κ2) is 6.07. The van der Waals surface area contributed by atoms with E-state index in [0.717, 1.165) is 23.2 Å². The highest BCUT2D eigenvalue weighted by Crippen LogP contribution is 2.35. The molecule has 1 aliphatic rings. The van der Waals surface area contributed by atoms with Gasteiger partial charge in [0.1, 0.15) is 5.66 Å². The van der Waals surface area contributed by atoms with E-state index >= 15 is 0 Å². The first-order valence-electron chi connectivity index (χ1n) is 8.23. The summed E-state index contributed by atoms with van der Waals surface area (Å²) in [6, 6.07) is 18.0. The summed E-state index contributed by atoms with van der Waals surface area (Å²) in [4.78, 5) is 15.1. The van der Waals surface area contributed by atoms with E-state index < -0.39 is 0 Å².